The van der Waals surface area contributed by atoms with Crippen LogP contribution in [0.25, 0.3) is 0 Å². The van der Waals surface area contributed by atoms with E-state index in [0.717, 1.165) is 12.0 Å². The molecule has 0 saturated heterocycles. The zero-order valence-corrected chi connectivity index (χ0v) is 22.3. The topological polar surface area (TPSA) is 112 Å². The Morgan fingerprint density at radius 3 is 2.48 bits per heavy atom. The number of phenolic OH excluding ortho intramolecular Hbond substituents is 1. The van der Waals surface area contributed by atoms with Crippen LogP contribution in [0.4, 0.5) is 0 Å². The molecule has 204 valence electrons. The van der Waals surface area contributed by atoms with Gasteiger partial charge in [-0.2, -0.15) is 0 Å². The summed E-state index contributed by atoms with van der Waals surface area (Å²) in [4.78, 5) is 19.2. The van der Waals surface area contributed by atoms with Crippen molar-refractivity contribution in [2.24, 2.45) is 0 Å². The van der Waals surface area contributed by atoms with Crippen LogP contribution in [0, 0.1) is 0 Å². The Morgan fingerprint density at radius 1 is 1.00 bits per heavy atom. The van der Waals surface area contributed by atoms with Crippen molar-refractivity contribution in [3.8, 4) is 28.7 Å². The zero-order chi connectivity index (χ0) is 27.8. The summed E-state index contributed by atoms with van der Waals surface area (Å²) in [7, 11) is 4.51. The van der Waals surface area contributed by atoms with Gasteiger partial charge < -0.3 is 29.2 Å². The molecule has 40 heavy (non-hydrogen) atoms. The minimum atomic E-state index is -1.96. The van der Waals surface area contributed by atoms with Crippen LogP contribution in [0.1, 0.15) is 46.1 Å². The number of aliphatic hydroxyl groups is 1. The molecule has 1 aliphatic carbocycles. The van der Waals surface area contributed by atoms with E-state index in [4.69, 9.17) is 23.9 Å². The molecule has 4 aromatic rings. The summed E-state index contributed by atoms with van der Waals surface area (Å²) in [6.45, 7) is 0.558. The molecular formula is C31H28N2O7. The molecule has 0 bridgehead atoms. The van der Waals surface area contributed by atoms with Crippen LogP contribution < -0.4 is 24.5 Å². The van der Waals surface area contributed by atoms with E-state index in [2.05, 4.69) is 0 Å². The van der Waals surface area contributed by atoms with Crippen molar-refractivity contribution >= 4 is 0 Å². The summed E-state index contributed by atoms with van der Waals surface area (Å²) in [5, 5.41) is 24.2. The monoisotopic (exact) mass is 540 g/mol. The molecule has 3 heterocycles. The Labute approximate surface area is 230 Å². The minimum absolute atomic E-state index is 0.129. The first-order valence-electron chi connectivity index (χ1n) is 13.1. The van der Waals surface area contributed by atoms with E-state index in [9.17, 15) is 15.0 Å². The lowest BCUT2D eigenvalue weighted by molar-refractivity contribution is -0.0911. The molecule has 9 heteroatoms. The second kappa shape index (κ2) is 8.50. The summed E-state index contributed by atoms with van der Waals surface area (Å²) >= 11 is 0. The molecule has 0 radical (unpaired) electrons. The molecule has 2 aliphatic heterocycles. The van der Waals surface area contributed by atoms with Crippen molar-refractivity contribution in [3.63, 3.8) is 0 Å². The summed E-state index contributed by atoms with van der Waals surface area (Å²) < 4.78 is 25.2. The van der Waals surface area contributed by atoms with Crippen molar-refractivity contribution < 1.29 is 29.2 Å². The smallest absolute Gasteiger partial charge is 0.257 e. The van der Waals surface area contributed by atoms with Crippen LogP contribution in [0.3, 0.4) is 0 Å². The number of phenols is 1. The lowest BCUT2D eigenvalue weighted by Crippen LogP contribution is -2.49. The van der Waals surface area contributed by atoms with Crippen molar-refractivity contribution in [1.82, 2.24) is 9.55 Å². The van der Waals surface area contributed by atoms with Crippen molar-refractivity contribution in [1.29, 1.82) is 0 Å². The zero-order valence-electron chi connectivity index (χ0n) is 22.3. The molecule has 3 aliphatic rings. The van der Waals surface area contributed by atoms with Gasteiger partial charge in [0.25, 0.3) is 5.56 Å². The average Bonchev–Trinajstić information content (AvgIpc) is 3.61. The number of aryl methyl sites for hydroxylation is 1. The van der Waals surface area contributed by atoms with E-state index < -0.39 is 17.1 Å². The number of aromatic nitrogens is 2. The highest BCUT2D eigenvalue weighted by molar-refractivity contribution is 5.69. The fourth-order valence-corrected chi connectivity index (χ4v) is 6.85. The van der Waals surface area contributed by atoms with Gasteiger partial charge in [-0.05, 0) is 24.1 Å². The summed E-state index contributed by atoms with van der Waals surface area (Å²) in [6.07, 6.45) is 1.42. The highest BCUT2D eigenvalue weighted by Crippen LogP contribution is 2.69. The summed E-state index contributed by atoms with van der Waals surface area (Å²) in [6, 6.07) is 17.7. The third kappa shape index (κ3) is 2.90. The molecule has 3 atom stereocenters. The molecule has 0 saturated carbocycles. The highest BCUT2D eigenvalue weighted by atomic mass is 16.5. The molecule has 0 amide bonds. The quantitative estimate of drug-likeness (QED) is 0.395. The number of aromatic hydroxyl groups is 1. The van der Waals surface area contributed by atoms with Gasteiger partial charge in [-0.25, -0.2) is 4.98 Å². The second-order valence-corrected chi connectivity index (χ2v) is 10.3. The predicted octanol–water partition coefficient (Wildman–Crippen LogP) is 3.59. The Bertz CT molecular complexity index is 1730. The number of ether oxygens (including phenoxy) is 4. The molecule has 7 rings (SSSR count). The van der Waals surface area contributed by atoms with Gasteiger partial charge in [0.2, 0.25) is 0 Å². The van der Waals surface area contributed by atoms with Crippen LogP contribution in [0.5, 0.6) is 28.7 Å². The van der Waals surface area contributed by atoms with Gasteiger partial charge in [0, 0.05) is 30.7 Å². The number of methoxy groups -OCH3 is 3. The maximum Gasteiger partial charge on any atom is 0.257 e. The van der Waals surface area contributed by atoms with E-state index in [1.165, 1.54) is 27.4 Å². The van der Waals surface area contributed by atoms with Gasteiger partial charge >= 0.3 is 0 Å². The normalized spacial score (nSPS) is 23.6. The van der Waals surface area contributed by atoms with E-state index in [1.807, 2.05) is 30.3 Å². The van der Waals surface area contributed by atoms with Gasteiger partial charge in [0.15, 0.2) is 22.7 Å². The maximum atomic E-state index is 14.3. The Morgan fingerprint density at radius 2 is 1.77 bits per heavy atom. The number of nitrogens with zero attached hydrogens (tertiary/aromatic N) is 2. The van der Waals surface area contributed by atoms with Gasteiger partial charge in [0.1, 0.15) is 23.1 Å². The first-order chi connectivity index (χ1) is 19.4. The van der Waals surface area contributed by atoms with Crippen LogP contribution in [-0.2, 0) is 24.2 Å². The predicted molar refractivity (Wildman–Crippen MR) is 145 cm³/mol. The largest absolute Gasteiger partial charge is 0.504 e. The molecule has 0 fully saturated rings. The fraction of sp³-hybridized carbons (Fsp3) is 0.290. The first kappa shape index (κ1) is 24.5. The van der Waals surface area contributed by atoms with E-state index >= 15 is 0 Å². The average molecular weight is 541 g/mol. The highest BCUT2D eigenvalue weighted by Gasteiger charge is 2.74. The molecule has 0 spiro atoms. The van der Waals surface area contributed by atoms with Crippen LogP contribution in [0.15, 0.2) is 65.5 Å². The molecule has 9 nitrogen and oxygen atoms in total. The maximum absolute atomic E-state index is 14.3. The van der Waals surface area contributed by atoms with Crippen molar-refractivity contribution in [3.05, 3.63) is 105 Å². The Balaban J connectivity index is 1.66. The fourth-order valence-electron chi connectivity index (χ4n) is 6.85. The van der Waals surface area contributed by atoms with E-state index in [1.54, 1.807) is 28.8 Å². The summed E-state index contributed by atoms with van der Waals surface area (Å²) in [5.41, 5.74) is -1.66. The Hall–Kier alpha value is -4.50. The molecular weight excluding hydrogens is 512 g/mol. The van der Waals surface area contributed by atoms with Crippen LogP contribution >= 0.6 is 0 Å². The standard InChI is InChI=1S/C31H28N2O7/c1-37-19-15-22(39-3)27-23(16-19)40-31(18-11-12-21(38-2)20(34)14-18)26(17-8-5-4-6-9-17)25-28(30(27,31)36)32-24-10-7-13-33(24)29(25)35/h4-6,8-9,11-12,14-16,26,34,36H,7,10,13H2,1-3H3. The third-order valence-corrected chi connectivity index (χ3v) is 8.51. The van der Waals surface area contributed by atoms with E-state index in [0.29, 0.717) is 52.7 Å². The van der Waals surface area contributed by atoms with Crippen LogP contribution in [-0.4, -0.2) is 41.1 Å². The number of hydrogen-bond acceptors (Lipinski definition) is 8. The number of fused-ring (bicyclic) bond motifs is 6. The molecule has 1 aromatic heterocycles. The van der Waals surface area contributed by atoms with Crippen molar-refractivity contribution in [2.45, 2.75) is 36.5 Å². The van der Waals surface area contributed by atoms with Crippen LogP contribution in [0.2, 0.25) is 0 Å². The van der Waals surface area contributed by atoms with Gasteiger partial charge in [-0.3, -0.25) is 9.36 Å². The van der Waals surface area contributed by atoms with Gasteiger partial charge in [0.05, 0.1) is 44.1 Å². The van der Waals surface area contributed by atoms with Crippen molar-refractivity contribution in [2.75, 3.05) is 21.3 Å². The second-order valence-electron chi connectivity index (χ2n) is 10.3. The number of hydrogen-bond donors (Lipinski definition) is 2. The number of benzene rings is 3. The van der Waals surface area contributed by atoms with Gasteiger partial charge in [-0.1, -0.05) is 36.4 Å². The molecule has 2 N–H and O–H groups in total. The molecule has 3 unspecified atom stereocenters. The first-order valence-corrected chi connectivity index (χ1v) is 13.1. The Kier molecular flexibility index (Phi) is 5.21. The summed E-state index contributed by atoms with van der Waals surface area (Å²) in [5.74, 6) is 1.12. The lowest BCUT2D eigenvalue weighted by atomic mass is 9.70. The number of rotatable bonds is 5. The third-order valence-electron chi connectivity index (χ3n) is 8.51. The van der Waals surface area contributed by atoms with Gasteiger partial charge in [-0.15, -0.1) is 0 Å². The SMILES string of the molecule is COc1cc(OC)c2c(c1)OC1(c3ccc(OC)c(O)c3)C(c3ccccc3)c3c(nc4n(c3=O)CCC4)C21O. The minimum Gasteiger partial charge on any atom is -0.504 e. The molecule has 3 aromatic carbocycles. The van der Waals surface area contributed by atoms with E-state index in [-0.39, 0.29) is 22.8 Å². The lowest BCUT2D eigenvalue weighted by Gasteiger charge is -2.40.